The highest BCUT2D eigenvalue weighted by Gasteiger charge is 2.56. The fraction of sp³-hybridized carbons (Fsp3) is 1.00. The van der Waals surface area contributed by atoms with Gasteiger partial charge in [0.15, 0.2) is 0 Å². The van der Waals surface area contributed by atoms with Gasteiger partial charge in [-0.25, -0.2) is 0 Å². The lowest BCUT2D eigenvalue weighted by molar-refractivity contribution is 0.0261. The zero-order chi connectivity index (χ0) is 16.6. The second-order valence-corrected chi connectivity index (χ2v) is 8.88. The van der Waals surface area contributed by atoms with Crippen LogP contribution in [0, 0.1) is 5.92 Å². The van der Waals surface area contributed by atoms with Crippen molar-refractivity contribution in [2.75, 3.05) is 19.8 Å². The van der Waals surface area contributed by atoms with Crippen LogP contribution in [-0.4, -0.2) is 49.3 Å². The Kier molecular flexibility index (Phi) is 4.94. The molecule has 2 saturated heterocycles. The molecule has 24 heavy (non-hydrogen) atoms. The lowest BCUT2D eigenvalue weighted by atomic mass is 9.83. The summed E-state index contributed by atoms with van der Waals surface area (Å²) in [5.41, 5.74) is 0.443. The van der Waals surface area contributed by atoms with Crippen LogP contribution in [0.4, 0.5) is 0 Å². The van der Waals surface area contributed by atoms with Gasteiger partial charge in [0.05, 0.1) is 29.5 Å². The number of fused-ring (bicyclic) bond motifs is 2. The van der Waals surface area contributed by atoms with Crippen molar-refractivity contribution in [3.8, 4) is 0 Å². The number of hydrogen-bond acceptors (Lipinski definition) is 4. The fourth-order valence-corrected chi connectivity index (χ4v) is 4.62. The van der Waals surface area contributed by atoms with E-state index in [1.54, 1.807) is 0 Å². The smallest absolute Gasteiger partial charge is 0.0922 e. The van der Waals surface area contributed by atoms with Gasteiger partial charge in [0, 0.05) is 26.2 Å². The van der Waals surface area contributed by atoms with Crippen LogP contribution in [0.2, 0.25) is 0 Å². The molecule has 2 aliphatic carbocycles. The first kappa shape index (κ1) is 17.3. The maximum Gasteiger partial charge on any atom is 0.0922 e. The van der Waals surface area contributed by atoms with Crippen molar-refractivity contribution in [3.05, 3.63) is 0 Å². The van der Waals surface area contributed by atoms with E-state index in [4.69, 9.17) is 18.9 Å². The maximum absolute atomic E-state index is 6.02. The van der Waals surface area contributed by atoms with Crippen LogP contribution in [0.25, 0.3) is 0 Å². The summed E-state index contributed by atoms with van der Waals surface area (Å²) >= 11 is 0. The summed E-state index contributed by atoms with van der Waals surface area (Å²) in [7, 11) is 0. The zero-order valence-electron chi connectivity index (χ0n) is 15.4. The standard InChI is InChI=1S/C20H34O4/c1-19-8-6-15(12-17(19)23-19)14-21-10-4-3-5-11-22-16-7-9-20(2)18(13-16)24-20/h15-18H,3-14H2,1-2H3. The Morgan fingerprint density at radius 1 is 0.875 bits per heavy atom. The highest BCUT2D eigenvalue weighted by molar-refractivity contribution is 5.04. The first-order chi connectivity index (χ1) is 11.6. The van der Waals surface area contributed by atoms with E-state index < -0.39 is 0 Å². The van der Waals surface area contributed by atoms with E-state index in [-0.39, 0.29) is 11.2 Å². The van der Waals surface area contributed by atoms with Crippen molar-refractivity contribution in [2.45, 2.75) is 101 Å². The van der Waals surface area contributed by atoms with Gasteiger partial charge in [-0.3, -0.25) is 0 Å². The van der Waals surface area contributed by atoms with Gasteiger partial charge in [-0.2, -0.15) is 0 Å². The largest absolute Gasteiger partial charge is 0.381 e. The molecule has 2 saturated carbocycles. The summed E-state index contributed by atoms with van der Waals surface area (Å²) in [6.45, 7) is 7.21. The Morgan fingerprint density at radius 3 is 2.33 bits per heavy atom. The third kappa shape index (κ3) is 3.98. The van der Waals surface area contributed by atoms with Gasteiger partial charge in [-0.1, -0.05) is 0 Å². The van der Waals surface area contributed by atoms with Crippen LogP contribution >= 0.6 is 0 Å². The Hall–Kier alpha value is -0.160. The number of rotatable bonds is 9. The van der Waals surface area contributed by atoms with Gasteiger partial charge in [0.25, 0.3) is 0 Å². The van der Waals surface area contributed by atoms with Gasteiger partial charge in [0.1, 0.15) is 0 Å². The molecular formula is C20H34O4. The van der Waals surface area contributed by atoms with E-state index in [1.807, 2.05) is 0 Å². The number of unbranched alkanes of at least 4 members (excludes halogenated alkanes) is 2. The molecule has 2 heterocycles. The lowest BCUT2D eigenvalue weighted by Crippen LogP contribution is -2.27. The summed E-state index contributed by atoms with van der Waals surface area (Å²) in [6.07, 6.45) is 12.1. The lowest BCUT2D eigenvalue weighted by Gasteiger charge is -2.23. The van der Waals surface area contributed by atoms with Crippen LogP contribution < -0.4 is 0 Å². The molecule has 4 rings (SSSR count). The second kappa shape index (κ2) is 6.86. The molecule has 4 heteroatoms. The first-order valence-corrected chi connectivity index (χ1v) is 10.1. The monoisotopic (exact) mass is 338 g/mol. The van der Waals surface area contributed by atoms with Crippen molar-refractivity contribution in [2.24, 2.45) is 5.92 Å². The topological polar surface area (TPSA) is 43.5 Å². The summed E-state index contributed by atoms with van der Waals surface area (Å²) in [5, 5.41) is 0. The molecule has 0 amide bonds. The summed E-state index contributed by atoms with van der Waals surface area (Å²) in [5.74, 6) is 0.718. The minimum Gasteiger partial charge on any atom is -0.381 e. The van der Waals surface area contributed by atoms with Gasteiger partial charge in [-0.15, -0.1) is 0 Å². The molecule has 2 aliphatic heterocycles. The highest BCUT2D eigenvalue weighted by Crippen LogP contribution is 2.49. The van der Waals surface area contributed by atoms with E-state index in [0.717, 1.165) is 45.0 Å². The summed E-state index contributed by atoms with van der Waals surface area (Å²) < 4.78 is 23.4. The second-order valence-electron chi connectivity index (χ2n) is 8.88. The molecule has 4 nitrogen and oxygen atoms in total. The molecule has 138 valence electrons. The van der Waals surface area contributed by atoms with E-state index in [2.05, 4.69) is 13.8 Å². The Morgan fingerprint density at radius 2 is 1.58 bits per heavy atom. The van der Waals surface area contributed by atoms with E-state index >= 15 is 0 Å². The molecule has 0 bridgehead atoms. The minimum atomic E-state index is 0.208. The zero-order valence-corrected chi connectivity index (χ0v) is 15.4. The number of epoxide rings is 2. The molecule has 6 atom stereocenters. The molecule has 4 fully saturated rings. The van der Waals surface area contributed by atoms with Crippen molar-refractivity contribution < 1.29 is 18.9 Å². The molecule has 6 unspecified atom stereocenters. The third-order valence-corrected chi connectivity index (χ3v) is 6.75. The predicted molar refractivity (Wildman–Crippen MR) is 92.2 cm³/mol. The normalized spacial score (nSPS) is 46.2. The third-order valence-electron chi connectivity index (χ3n) is 6.75. The molecular weight excluding hydrogens is 304 g/mol. The van der Waals surface area contributed by atoms with Gasteiger partial charge < -0.3 is 18.9 Å². The average molecular weight is 338 g/mol. The molecule has 0 aromatic carbocycles. The predicted octanol–water partition coefficient (Wildman–Crippen LogP) is 3.86. The van der Waals surface area contributed by atoms with Crippen LogP contribution in [0.5, 0.6) is 0 Å². The highest BCUT2D eigenvalue weighted by atomic mass is 16.6. The van der Waals surface area contributed by atoms with Crippen LogP contribution in [0.3, 0.4) is 0 Å². The number of ether oxygens (including phenoxy) is 4. The van der Waals surface area contributed by atoms with Gasteiger partial charge in [-0.05, 0) is 71.1 Å². The van der Waals surface area contributed by atoms with Crippen LogP contribution in [-0.2, 0) is 18.9 Å². The molecule has 0 aromatic rings. The summed E-state index contributed by atoms with van der Waals surface area (Å²) in [4.78, 5) is 0. The fourth-order valence-electron chi connectivity index (χ4n) is 4.62. The Labute approximate surface area is 146 Å². The first-order valence-electron chi connectivity index (χ1n) is 10.1. The quantitative estimate of drug-likeness (QED) is 0.473. The maximum atomic E-state index is 6.02. The van der Waals surface area contributed by atoms with Gasteiger partial charge >= 0.3 is 0 Å². The van der Waals surface area contributed by atoms with E-state index in [9.17, 15) is 0 Å². The SMILES string of the molecule is CC12CCC(COCCCCCOC3CCC4(C)OC4C3)CC1O2. The minimum absolute atomic E-state index is 0.208. The number of hydrogen-bond donors (Lipinski definition) is 0. The van der Waals surface area contributed by atoms with Crippen molar-refractivity contribution in [3.63, 3.8) is 0 Å². The van der Waals surface area contributed by atoms with Gasteiger partial charge in [0.2, 0.25) is 0 Å². The molecule has 0 spiro atoms. The Balaban J connectivity index is 0.964. The van der Waals surface area contributed by atoms with E-state index in [1.165, 1.54) is 38.5 Å². The summed E-state index contributed by atoms with van der Waals surface area (Å²) in [6, 6.07) is 0. The van der Waals surface area contributed by atoms with Crippen molar-refractivity contribution >= 4 is 0 Å². The molecule has 0 N–H and O–H groups in total. The Bertz CT molecular complexity index is 401. The van der Waals surface area contributed by atoms with Crippen molar-refractivity contribution in [1.82, 2.24) is 0 Å². The van der Waals surface area contributed by atoms with Crippen LogP contribution in [0.15, 0.2) is 0 Å². The van der Waals surface area contributed by atoms with Crippen LogP contribution in [0.1, 0.15) is 71.6 Å². The van der Waals surface area contributed by atoms with Crippen molar-refractivity contribution in [1.29, 1.82) is 0 Å². The molecule has 4 aliphatic rings. The van der Waals surface area contributed by atoms with E-state index in [0.29, 0.717) is 18.3 Å². The molecule has 0 aromatic heterocycles. The molecule has 0 radical (unpaired) electrons. The average Bonchev–Trinajstić information content (AvgIpc) is 3.42.